The van der Waals surface area contributed by atoms with Gasteiger partial charge in [-0.05, 0) is 42.0 Å². The highest BCUT2D eigenvalue weighted by atomic mass is 35.5. The molecule has 0 unspecified atom stereocenters. The summed E-state index contributed by atoms with van der Waals surface area (Å²) in [5.41, 5.74) is 2.28. The van der Waals surface area contributed by atoms with E-state index >= 15 is 0 Å². The number of carbonyl (C=O) groups excluding carboxylic acids is 2. The third-order valence-electron chi connectivity index (χ3n) is 5.45. The normalized spacial score (nSPS) is 11.6. The molecule has 4 aromatic rings. The number of fused-ring (bicyclic) bond motifs is 1. The number of nitrogens with zero attached hydrogens (tertiary/aromatic N) is 1. The lowest BCUT2D eigenvalue weighted by Gasteiger charge is -2.15. The van der Waals surface area contributed by atoms with E-state index in [9.17, 15) is 9.59 Å². The Kier molecular flexibility index (Phi) is 7.43. The first-order valence-corrected chi connectivity index (χ1v) is 12.2. The van der Waals surface area contributed by atoms with Gasteiger partial charge in [0.05, 0.1) is 16.1 Å². The maximum atomic E-state index is 13.3. The Morgan fingerprint density at radius 2 is 1.64 bits per heavy atom. The van der Waals surface area contributed by atoms with Crippen LogP contribution in [0.3, 0.4) is 0 Å². The number of ether oxygens (including phenoxy) is 1. The van der Waals surface area contributed by atoms with Gasteiger partial charge >= 0.3 is 0 Å². The molecule has 36 heavy (non-hydrogen) atoms. The van der Waals surface area contributed by atoms with E-state index in [-0.39, 0.29) is 29.6 Å². The van der Waals surface area contributed by atoms with Gasteiger partial charge in [0.2, 0.25) is 17.4 Å². The molecule has 0 fully saturated rings. The van der Waals surface area contributed by atoms with Crippen LogP contribution in [0.5, 0.6) is 0 Å². The number of pyridine rings is 1. The molecule has 0 aliphatic rings. The molecule has 0 spiro atoms. The van der Waals surface area contributed by atoms with E-state index < -0.39 is 11.3 Å². The maximum absolute atomic E-state index is 13.3. The Morgan fingerprint density at radius 3 is 2.25 bits per heavy atom. The molecule has 0 bridgehead atoms. The summed E-state index contributed by atoms with van der Waals surface area (Å²) in [5, 5.41) is 4.69. The Morgan fingerprint density at radius 1 is 0.972 bits per heavy atom. The van der Waals surface area contributed by atoms with E-state index in [1.165, 1.54) is 7.11 Å². The van der Waals surface area contributed by atoms with Gasteiger partial charge in [0.1, 0.15) is 12.3 Å². The van der Waals surface area contributed by atoms with Crippen molar-refractivity contribution in [2.75, 3.05) is 19.0 Å². The van der Waals surface area contributed by atoms with Crippen LogP contribution in [0.15, 0.2) is 52.9 Å². The second-order valence-electron chi connectivity index (χ2n) is 9.23. The van der Waals surface area contributed by atoms with Crippen LogP contribution < -0.4 is 5.32 Å². The predicted molar refractivity (Wildman–Crippen MR) is 144 cm³/mol. The van der Waals surface area contributed by atoms with Crippen molar-refractivity contribution in [1.29, 1.82) is 0 Å². The SMILES string of the molecule is COCC(=O)Nc1c(C(=O)C(C)(C)C)oc2nc(-c3ccc(Cl)cc3Cl)c(-c3ccc(Cl)cc3)cc12. The number of ketones is 1. The highest BCUT2D eigenvalue weighted by Crippen LogP contribution is 2.42. The molecular weight excluding hydrogens is 523 g/mol. The number of hydrogen-bond donors (Lipinski definition) is 1. The molecule has 0 saturated heterocycles. The summed E-state index contributed by atoms with van der Waals surface area (Å²) < 4.78 is 11.0. The van der Waals surface area contributed by atoms with Crippen molar-refractivity contribution in [3.05, 3.63) is 69.4 Å². The quantitative estimate of drug-likeness (QED) is 0.249. The molecule has 2 aromatic heterocycles. The lowest BCUT2D eigenvalue weighted by Crippen LogP contribution is -2.23. The number of carbonyl (C=O) groups is 2. The minimum atomic E-state index is -0.768. The highest BCUT2D eigenvalue weighted by Gasteiger charge is 2.32. The molecule has 9 heteroatoms. The van der Waals surface area contributed by atoms with Crippen LogP contribution in [0.4, 0.5) is 5.69 Å². The standard InChI is InChI=1S/C27H23Cl3N2O4/c1-27(2,3)25(34)24-23(31-21(33)13-35-4)19-12-18(14-5-7-15(28)8-6-14)22(32-26(19)36-24)17-10-9-16(29)11-20(17)30/h5-12H,13H2,1-4H3,(H,31,33). The molecule has 2 heterocycles. The van der Waals surface area contributed by atoms with Crippen LogP contribution >= 0.6 is 34.8 Å². The topological polar surface area (TPSA) is 81.4 Å². The zero-order chi connectivity index (χ0) is 26.2. The second kappa shape index (κ2) is 10.2. The van der Waals surface area contributed by atoms with Crippen LogP contribution in [0.1, 0.15) is 31.3 Å². The van der Waals surface area contributed by atoms with Crippen molar-refractivity contribution in [2.24, 2.45) is 5.41 Å². The number of hydrogen-bond acceptors (Lipinski definition) is 5. The summed E-state index contributed by atoms with van der Waals surface area (Å²) in [4.78, 5) is 30.5. The zero-order valence-electron chi connectivity index (χ0n) is 20.0. The van der Waals surface area contributed by atoms with Crippen LogP contribution in [-0.4, -0.2) is 30.4 Å². The van der Waals surface area contributed by atoms with Crippen molar-refractivity contribution in [3.8, 4) is 22.4 Å². The summed E-state index contributed by atoms with van der Waals surface area (Å²) in [6.45, 7) is 5.13. The molecule has 0 radical (unpaired) electrons. The first-order valence-electron chi connectivity index (χ1n) is 11.0. The minimum Gasteiger partial charge on any atom is -0.432 e. The Labute approximate surface area is 223 Å². The van der Waals surface area contributed by atoms with Gasteiger partial charge < -0.3 is 14.5 Å². The van der Waals surface area contributed by atoms with Crippen molar-refractivity contribution >= 4 is 63.3 Å². The van der Waals surface area contributed by atoms with E-state index in [2.05, 4.69) is 5.32 Å². The van der Waals surface area contributed by atoms with E-state index in [1.54, 1.807) is 51.1 Å². The Balaban J connectivity index is 2.05. The van der Waals surface area contributed by atoms with Gasteiger partial charge in [-0.1, -0.05) is 67.7 Å². The van der Waals surface area contributed by atoms with E-state index in [0.717, 1.165) is 5.56 Å². The molecule has 6 nitrogen and oxygen atoms in total. The van der Waals surface area contributed by atoms with Crippen LogP contribution in [0.2, 0.25) is 15.1 Å². The number of anilines is 1. The first-order chi connectivity index (χ1) is 17.0. The molecule has 0 aliphatic carbocycles. The van der Waals surface area contributed by atoms with Crippen molar-refractivity contribution < 1.29 is 18.7 Å². The molecule has 2 aromatic carbocycles. The predicted octanol–water partition coefficient (Wildman–Crippen LogP) is 7.94. The Bertz CT molecular complexity index is 1470. The molecule has 186 valence electrons. The first kappa shape index (κ1) is 26.2. The molecular formula is C27H23Cl3N2O4. The van der Waals surface area contributed by atoms with Gasteiger partial charge in [-0.3, -0.25) is 9.59 Å². The number of halogens is 3. The number of nitrogens with one attached hydrogen (secondary N) is 1. The number of rotatable bonds is 6. The molecule has 1 N–H and O–H groups in total. The van der Waals surface area contributed by atoms with E-state index in [4.69, 9.17) is 48.9 Å². The van der Waals surface area contributed by atoms with E-state index in [1.807, 2.05) is 18.2 Å². The monoisotopic (exact) mass is 544 g/mol. The van der Waals surface area contributed by atoms with Gasteiger partial charge in [0.25, 0.3) is 0 Å². The van der Waals surface area contributed by atoms with Gasteiger partial charge in [-0.25, -0.2) is 4.98 Å². The van der Waals surface area contributed by atoms with E-state index in [0.29, 0.717) is 37.3 Å². The fourth-order valence-corrected chi connectivity index (χ4v) is 4.31. The van der Waals surface area contributed by atoms with Crippen molar-refractivity contribution in [2.45, 2.75) is 20.8 Å². The average molecular weight is 546 g/mol. The molecule has 0 atom stereocenters. The summed E-state index contributed by atoms with van der Waals surface area (Å²) in [7, 11) is 1.41. The number of amides is 1. The summed E-state index contributed by atoms with van der Waals surface area (Å²) in [6.07, 6.45) is 0. The molecule has 0 saturated carbocycles. The average Bonchev–Trinajstić information content (AvgIpc) is 3.15. The van der Waals surface area contributed by atoms with Crippen LogP contribution in [0, 0.1) is 5.41 Å². The number of methoxy groups -OCH3 is 1. The third kappa shape index (κ3) is 5.27. The minimum absolute atomic E-state index is 0.0101. The maximum Gasteiger partial charge on any atom is 0.250 e. The Hall–Kier alpha value is -2.90. The van der Waals surface area contributed by atoms with Crippen LogP contribution in [-0.2, 0) is 9.53 Å². The summed E-state index contributed by atoms with van der Waals surface area (Å²) >= 11 is 18.8. The number of benzene rings is 2. The van der Waals surface area contributed by atoms with Crippen molar-refractivity contribution in [1.82, 2.24) is 4.98 Å². The third-order valence-corrected chi connectivity index (χ3v) is 6.25. The number of Topliss-reactive ketones (excluding diaryl/α,β-unsaturated/α-hetero) is 1. The van der Waals surface area contributed by atoms with Gasteiger partial charge in [0.15, 0.2) is 5.76 Å². The number of aromatic nitrogens is 1. The van der Waals surface area contributed by atoms with Gasteiger partial charge in [-0.2, -0.15) is 0 Å². The lowest BCUT2D eigenvalue weighted by atomic mass is 9.88. The lowest BCUT2D eigenvalue weighted by molar-refractivity contribution is -0.119. The van der Waals surface area contributed by atoms with Crippen molar-refractivity contribution in [3.63, 3.8) is 0 Å². The number of furan rings is 1. The van der Waals surface area contributed by atoms with Gasteiger partial charge in [-0.15, -0.1) is 0 Å². The molecule has 0 aliphatic heterocycles. The highest BCUT2D eigenvalue weighted by molar-refractivity contribution is 6.36. The van der Waals surface area contributed by atoms with Crippen LogP contribution in [0.25, 0.3) is 33.5 Å². The smallest absolute Gasteiger partial charge is 0.250 e. The summed E-state index contributed by atoms with van der Waals surface area (Å²) in [5.74, 6) is -0.704. The zero-order valence-corrected chi connectivity index (χ0v) is 22.3. The second-order valence-corrected chi connectivity index (χ2v) is 10.5. The molecule has 4 rings (SSSR count). The molecule has 1 amide bonds. The summed E-state index contributed by atoms with van der Waals surface area (Å²) in [6, 6.07) is 14.2. The largest absolute Gasteiger partial charge is 0.432 e. The fraction of sp³-hybridized carbons (Fsp3) is 0.222. The van der Waals surface area contributed by atoms with Gasteiger partial charge in [0, 0.05) is 33.7 Å². The fourth-order valence-electron chi connectivity index (χ4n) is 3.69.